The van der Waals surface area contributed by atoms with Crippen molar-refractivity contribution in [2.75, 3.05) is 6.54 Å². The van der Waals surface area contributed by atoms with Crippen LogP contribution in [0.25, 0.3) is 22.3 Å². The lowest BCUT2D eigenvalue weighted by atomic mass is 10.0. The van der Waals surface area contributed by atoms with E-state index in [1.54, 1.807) is 18.6 Å². The summed E-state index contributed by atoms with van der Waals surface area (Å²) in [6.07, 6.45) is 9.77. The molecule has 7 nitrogen and oxygen atoms in total. The zero-order valence-corrected chi connectivity index (χ0v) is 15.1. The van der Waals surface area contributed by atoms with Crippen molar-refractivity contribution >= 4 is 16.9 Å². The van der Waals surface area contributed by atoms with Crippen LogP contribution in [-0.2, 0) is 4.79 Å². The van der Waals surface area contributed by atoms with Crippen molar-refractivity contribution in [2.24, 2.45) is 5.92 Å². The summed E-state index contributed by atoms with van der Waals surface area (Å²) in [5.74, 6) is 1.06. The van der Waals surface area contributed by atoms with Gasteiger partial charge >= 0.3 is 0 Å². The number of carbonyl (C=O) groups is 1. The number of nitrogens with one attached hydrogen (secondary N) is 1. The van der Waals surface area contributed by atoms with Crippen LogP contribution in [0, 0.1) is 5.92 Å². The van der Waals surface area contributed by atoms with Crippen molar-refractivity contribution in [3.05, 3.63) is 37.1 Å². The van der Waals surface area contributed by atoms with Gasteiger partial charge in [0.1, 0.15) is 17.4 Å². The molecule has 5 rings (SSSR count). The van der Waals surface area contributed by atoms with Crippen LogP contribution >= 0.6 is 0 Å². The molecule has 1 N–H and O–H groups in total. The fourth-order valence-electron chi connectivity index (χ4n) is 3.70. The molecule has 7 heteroatoms. The minimum atomic E-state index is -0.0770. The topological polar surface area (TPSA) is 81.9 Å². The van der Waals surface area contributed by atoms with Gasteiger partial charge in [0, 0.05) is 42.9 Å². The van der Waals surface area contributed by atoms with Gasteiger partial charge in [-0.05, 0) is 31.9 Å². The Kier molecular flexibility index (Phi) is 3.81. The van der Waals surface area contributed by atoms with Gasteiger partial charge in [0.25, 0.3) is 0 Å². The summed E-state index contributed by atoms with van der Waals surface area (Å²) in [5.41, 5.74) is 3.64. The summed E-state index contributed by atoms with van der Waals surface area (Å²) in [7, 11) is 0. The third-order valence-corrected chi connectivity index (χ3v) is 5.42. The van der Waals surface area contributed by atoms with E-state index in [4.69, 9.17) is 4.74 Å². The molecule has 1 saturated carbocycles. The maximum atomic E-state index is 11.6. The number of ether oxygens (including phenoxy) is 1. The highest BCUT2D eigenvalue weighted by atomic mass is 16.5. The molecule has 2 aromatic heterocycles. The third kappa shape index (κ3) is 3.03. The average molecular weight is 363 g/mol. The van der Waals surface area contributed by atoms with E-state index < -0.39 is 0 Å². The van der Waals surface area contributed by atoms with E-state index in [0.29, 0.717) is 19.0 Å². The van der Waals surface area contributed by atoms with Crippen molar-refractivity contribution < 1.29 is 9.53 Å². The quantitative estimate of drug-likeness (QED) is 0.754. The molecule has 2 aliphatic rings. The Balaban J connectivity index is 1.57. The maximum Gasteiger partial charge on any atom is 0.220 e. The summed E-state index contributed by atoms with van der Waals surface area (Å²) in [6.45, 7) is 2.69. The largest absolute Gasteiger partial charge is 0.488 e. The Hall–Kier alpha value is -2.96. The van der Waals surface area contributed by atoms with Gasteiger partial charge in [-0.25, -0.2) is 4.98 Å². The van der Waals surface area contributed by atoms with Crippen LogP contribution in [0.15, 0.2) is 37.1 Å². The number of benzene rings is 1. The summed E-state index contributed by atoms with van der Waals surface area (Å²) in [6, 6.07) is 4.56. The van der Waals surface area contributed by atoms with Crippen molar-refractivity contribution in [3.8, 4) is 17.0 Å². The van der Waals surface area contributed by atoms with Crippen LogP contribution < -0.4 is 10.1 Å². The van der Waals surface area contributed by atoms with Crippen LogP contribution in [0.4, 0.5) is 0 Å². The average Bonchev–Trinajstić information content (AvgIpc) is 3.28. The number of carbonyl (C=O) groups excluding carboxylic acids is 1. The summed E-state index contributed by atoms with van der Waals surface area (Å²) < 4.78 is 8.62. The van der Waals surface area contributed by atoms with Gasteiger partial charge in [-0.15, -0.1) is 0 Å². The Morgan fingerprint density at radius 2 is 2.15 bits per heavy atom. The normalized spacial score (nSPS) is 20.6. The molecule has 0 unspecified atom stereocenters. The summed E-state index contributed by atoms with van der Waals surface area (Å²) in [5, 5.41) is 2.89. The van der Waals surface area contributed by atoms with Crippen molar-refractivity contribution in [2.45, 2.75) is 38.3 Å². The SMILES string of the molecule is C[C@@H](Oc1cc(-c2cnccn2)cc2ncn(C3CC3)c12)[C@H]1CNC(=O)C1. The molecule has 138 valence electrons. The molecule has 1 amide bonds. The molecular formula is C20H21N5O2. The van der Waals surface area contributed by atoms with E-state index in [2.05, 4.69) is 24.8 Å². The lowest BCUT2D eigenvalue weighted by Crippen LogP contribution is -2.25. The molecule has 3 heterocycles. The standard InChI is InChI=1S/C20H21N5O2/c1-12(14-8-19(26)23-9-14)27-18-7-13(17-10-21-4-5-22-17)6-16-20(18)25(11-24-16)15-2-3-15/h4-7,10-12,14-15H,2-3,8-9H2,1H3,(H,23,26)/t12-,14-/m1/s1. The van der Waals surface area contributed by atoms with Crippen LogP contribution in [0.5, 0.6) is 5.75 Å². The monoisotopic (exact) mass is 363 g/mol. The fraction of sp³-hybridized carbons (Fsp3) is 0.400. The van der Waals surface area contributed by atoms with Crippen molar-refractivity contribution in [1.82, 2.24) is 24.8 Å². The van der Waals surface area contributed by atoms with Gasteiger partial charge in [-0.2, -0.15) is 0 Å². The van der Waals surface area contributed by atoms with Gasteiger partial charge in [0.15, 0.2) is 0 Å². The first-order valence-corrected chi connectivity index (χ1v) is 9.39. The van der Waals surface area contributed by atoms with E-state index in [0.717, 1.165) is 28.0 Å². The molecule has 1 saturated heterocycles. The van der Waals surface area contributed by atoms with E-state index in [9.17, 15) is 4.79 Å². The van der Waals surface area contributed by atoms with E-state index in [1.807, 2.05) is 25.4 Å². The Morgan fingerprint density at radius 1 is 1.26 bits per heavy atom. The van der Waals surface area contributed by atoms with Crippen molar-refractivity contribution in [1.29, 1.82) is 0 Å². The molecule has 27 heavy (non-hydrogen) atoms. The number of hydrogen-bond acceptors (Lipinski definition) is 5. The molecule has 2 fully saturated rings. The molecule has 0 spiro atoms. The highest BCUT2D eigenvalue weighted by molar-refractivity contribution is 5.87. The highest BCUT2D eigenvalue weighted by Crippen LogP contribution is 2.41. The Bertz CT molecular complexity index is 996. The zero-order valence-electron chi connectivity index (χ0n) is 15.1. The maximum absolute atomic E-state index is 11.6. The van der Waals surface area contributed by atoms with E-state index >= 15 is 0 Å². The lowest BCUT2D eigenvalue weighted by Gasteiger charge is -2.21. The highest BCUT2D eigenvalue weighted by Gasteiger charge is 2.30. The van der Waals surface area contributed by atoms with Gasteiger partial charge in [-0.1, -0.05) is 0 Å². The number of imidazole rings is 1. The first-order valence-electron chi connectivity index (χ1n) is 9.39. The first-order chi connectivity index (χ1) is 13.2. The van der Waals surface area contributed by atoms with E-state index in [-0.39, 0.29) is 17.9 Å². The second-order valence-electron chi connectivity index (χ2n) is 7.41. The van der Waals surface area contributed by atoms with Gasteiger partial charge in [0.05, 0.1) is 23.7 Å². The summed E-state index contributed by atoms with van der Waals surface area (Å²) in [4.78, 5) is 24.8. The predicted octanol–water partition coefficient (Wildman–Crippen LogP) is 2.73. The number of fused-ring (bicyclic) bond motifs is 1. The Labute approximate surface area is 156 Å². The number of amides is 1. The van der Waals surface area contributed by atoms with Crippen LogP contribution in [0.2, 0.25) is 0 Å². The Morgan fingerprint density at radius 3 is 2.85 bits per heavy atom. The van der Waals surface area contributed by atoms with Crippen LogP contribution in [0.3, 0.4) is 0 Å². The number of hydrogen-bond donors (Lipinski definition) is 1. The zero-order chi connectivity index (χ0) is 18.4. The third-order valence-electron chi connectivity index (χ3n) is 5.42. The second kappa shape index (κ2) is 6.33. The molecule has 1 aliphatic carbocycles. The smallest absolute Gasteiger partial charge is 0.220 e. The number of aromatic nitrogens is 4. The molecular weight excluding hydrogens is 342 g/mol. The minimum Gasteiger partial charge on any atom is -0.488 e. The van der Waals surface area contributed by atoms with Crippen LogP contribution in [0.1, 0.15) is 32.2 Å². The van der Waals surface area contributed by atoms with Crippen molar-refractivity contribution in [3.63, 3.8) is 0 Å². The van der Waals surface area contributed by atoms with Gasteiger partial charge < -0.3 is 14.6 Å². The van der Waals surface area contributed by atoms with Crippen LogP contribution in [-0.4, -0.2) is 38.1 Å². The lowest BCUT2D eigenvalue weighted by molar-refractivity contribution is -0.119. The molecule has 0 bridgehead atoms. The van der Waals surface area contributed by atoms with Gasteiger partial charge in [-0.3, -0.25) is 14.8 Å². The minimum absolute atomic E-state index is 0.0770. The van der Waals surface area contributed by atoms with Gasteiger partial charge in [0.2, 0.25) is 5.91 Å². The molecule has 2 atom stereocenters. The number of nitrogens with zero attached hydrogens (tertiary/aromatic N) is 4. The van der Waals surface area contributed by atoms with E-state index in [1.165, 1.54) is 12.8 Å². The summed E-state index contributed by atoms with van der Waals surface area (Å²) >= 11 is 0. The molecule has 0 radical (unpaired) electrons. The number of rotatable bonds is 5. The molecule has 1 aromatic carbocycles. The first kappa shape index (κ1) is 16.2. The second-order valence-corrected chi connectivity index (χ2v) is 7.41. The fourth-order valence-corrected chi connectivity index (χ4v) is 3.70. The molecule has 1 aliphatic heterocycles. The predicted molar refractivity (Wildman–Crippen MR) is 100 cm³/mol. The molecule has 3 aromatic rings.